The Bertz CT molecular complexity index is 742. The maximum Gasteiger partial charge on any atom is 0.258 e. The first kappa shape index (κ1) is 22.2. The molecule has 1 amide bonds. The number of aryl methyl sites for hydroxylation is 1. The van der Waals surface area contributed by atoms with Gasteiger partial charge in [-0.15, -0.1) is 12.4 Å². The SMILES string of the molecule is CCCCCOc1ccc(C(=O)Nc2nc(C3CCNCC3)nn2C)cc1.Cl. The molecule has 1 aliphatic rings. The van der Waals surface area contributed by atoms with Gasteiger partial charge in [-0.05, 0) is 56.6 Å². The number of hydrogen-bond acceptors (Lipinski definition) is 5. The van der Waals surface area contributed by atoms with Gasteiger partial charge in [0, 0.05) is 18.5 Å². The number of amides is 1. The molecule has 1 fully saturated rings. The van der Waals surface area contributed by atoms with E-state index in [1.54, 1.807) is 23.9 Å². The number of carbonyl (C=O) groups excluding carboxylic acids is 1. The molecule has 0 unspecified atom stereocenters. The van der Waals surface area contributed by atoms with Crippen molar-refractivity contribution < 1.29 is 9.53 Å². The van der Waals surface area contributed by atoms with E-state index in [4.69, 9.17) is 4.74 Å². The van der Waals surface area contributed by atoms with Crippen LogP contribution in [-0.2, 0) is 7.05 Å². The predicted molar refractivity (Wildman–Crippen MR) is 113 cm³/mol. The van der Waals surface area contributed by atoms with Crippen LogP contribution in [0, 0.1) is 0 Å². The molecule has 2 heterocycles. The van der Waals surface area contributed by atoms with Crippen LogP contribution < -0.4 is 15.4 Å². The summed E-state index contributed by atoms with van der Waals surface area (Å²) in [4.78, 5) is 17.1. The van der Waals surface area contributed by atoms with E-state index < -0.39 is 0 Å². The van der Waals surface area contributed by atoms with E-state index in [-0.39, 0.29) is 18.3 Å². The van der Waals surface area contributed by atoms with E-state index in [0.717, 1.165) is 50.3 Å². The zero-order valence-electron chi connectivity index (χ0n) is 16.6. The van der Waals surface area contributed by atoms with E-state index in [9.17, 15) is 4.79 Å². The molecule has 28 heavy (non-hydrogen) atoms. The van der Waals surface area contributed by atoms with Crippen LogP contribution in [0.5, 0.6) is 5.75 Å². The lowest BCUT2D eigenvalue weighted by Crippen LogP contribution is -2.27. The molecule has 0 atom stereocenters. The number of benzene rings is 1. The summed E-state index contributed by atoms with van der Waals surface area (Å²) in [6.45, 7) is 4.84. The number of piperidine rings is 1. The Hall–Kier alpha value is -2.12. The third kappa shape index (κ3) is 5.94. The maximum atomic E-state index is 12.5. The Balaban J connectivity index is 0.00000280. The number of unbranched alkanes of at least 4 members (excludes halogenated alkanes) is 2. The fourth-order valence-corrected chi connectivity index (χ4v) is 3.18. The van der Waals surface area contributed by atoms with Crippen LogP contribution in [0.1, 0.15) is 61.1 Å². The molecule has 2 N–H and O–H groups in total. The molecule has 0 radical (unpaired) electrons. The number of carbonyl (C=O) groups is 1. The van der Waals surface area contributed by atoms with Crippen LogP contribution in [-0.4, -0.2) is 40.4 Å². The minimum absolute atomic E-state index is 0. The van der Waals surface area contributed by atoms with Crippen LogP contribution in [0.2, 0.25) is 0 Å². The molecule has 0 bridgehead atoms. The predicted octanol–water partition coefficient (Wildman–Crippen LogP) is 3.53. The summed E-state index contributed by atoms with van der Waals surface area (Å²) in [5.74, 6) is 2.24. The van der Waals surface area contributed by atoms with Crippen LogP contribution in [0.25, 0.3) is 0 Å². The third-order valence-corrected chi connectivity index (χ3v) is 4.84. The third-order valence-electron chi connectivity index (χ3n) is 4.84. The lowest BCUT2D eigenvalue weighted by atomic mass is 9.98. The summed E-state index contributed by atoms with van der Waals surface area (Å²) < 4.78 is 7.33. The highest BCUT2D eigenvalue weighted by molar-refractivity contribution is 6.03. The fourth-order valence-electron chi connectivity index (χ4n) is 3.18. The summed E-state index contributed by atoms with van der Waals surface area (Å²) in [6, 6.07) is 7.21. The van der Waals surface area contributed by atoms with E-state index >= 15 is 0 Å². The summed E-state index contributed by atoms with van der Waals surface area (Å²) in [6.07, 6.45) is 5.43. The number of ether oxygens (including phenoxy) is 1. The van der Waals surface area contributed by atoms with E-state index in [1.165, 1.54) is 6.42 Å². The lowest BCUT2D eigenvalue weighted by molar-refractivity contribution is 0.102. The first-order valence-electron chi connectivity index (χ1n) is 9.83. The second-order valence-electron chi connectivity index (χ2n) is 6.98. The van der Waals surface area contributed by atoms with Gasteiger partial charge < -0.3 is 10.1 Å². The largest absolute Gasteiger partial charge is 0.494 e. The van der Waals surface area contributed by atoms with Crippen molar-refractivity contribution in [1.29, 1.82) is 0 Å². The Morgan fingerprint density at radius 2 is 1.96 bits per heavy atom. The standard InChI is InChI=1S/C20H29N5O2.ClH/c1-3-4-5-14-27-17-8-6-16(7-9-17)19(26)23-20-22-18(24-25(20)2)15-10-12-21-13-11-15;/h6-9,15,21H,3-5,10-14H2,1-2H3,(H,22,23,24,26);1H. The van der Waals surface area contributed by atoms with Crippen LogP contribution in [0.4, 0.5) is 5.95 Å². The number of aromatic nitrogens is 3. The summed E-state index contributed by atoms with van der Waals surface area (Å²) in [5.41, 5.74) is 0.572. The van der Waals surface area contributed by atoms with Crippen molar-refractivity contribution in [3.63, 3.8) is 0 Å². The Morgan fingerprint density at radius 1 is 1.25 bits per heavy atom. The second kappa shape index (κ2) is 11.0. The van der Waals surface area contributed by atoms with E-state index in [2.05, 4.69) is 27.6 Å². The van der Waals surface area contributed by atoms with Crippen LogP contribution in [0.15, 0.2) is 24.3 Å². The highest BCUT2D eigenvalue weighted by atomic mass is 35.5. The molecular weight excluding hydrogens is 378 g/mol. The average molecular weight is 408 g/mol. The Labute approximate surface area is 172 Å². The molecule has 0 saturated carbocycles. The van der Waals surface area contributed by atoms with Crippen molar-refractivity contribution in [3.8, 4) is 5.75 Å². The smallest absolute Gasteiger partial charge is 0.258 e. The van der Waals surface area contributed by atoms with Crippen LogP contribution >= 0.6 is 12.4 Å². The minimum atomic E-state index is -0.195. The van der Waals surface area contributed by atoms with Gasteiger partial charge >= 0.3 is 0 Å². The van der Waals surface area contributed by atoms with E-state index in [1.807, 2.05) is 12.1 Å². The lowest BCUT2D eigenvalue weighted by Gasteiger charge is -2.19. The van der Waals surface area contributed by atoms with Gasteiger partial charge in [0.2, 0.25) is 5.95 Å². The van der Waals surface area contributed by atoms with Gasteiger partial charge in [0.1, 0.15) is 5.75 Å². The Morgan fingerprint density at radius 3 is 2.64 bits per heavy atom. The van der Waals surface area contributed by atoms with Crippen molar-refractivity contribution >= 4 is 24.3 Å². The number of anilines is 1. The Kier molecular flexibility index (Phi) is 8.73. The van der Waals surface area contributed by atoms with Crippen LogP contribution in [0.3, 0.4) is 0 Å². The molecule has 1 saturated heterocycles. The van der Waals surface area contributed by atoms with Crippen molar-refractivity contribution in [3.05, 3.63) is 35.7 Å². The van der Waals surface area contributed by atoms with Gasteiger partial charge in [-0.3, -0.25) is 10.1 Å². The van der Waals surface area contributed by atoms with Gasteiger partial charge in [-0.1, -0.05) is 19.8 Å². The molecule has 0 spiro atoms. The van der Waals surface area contributed by atoms with Crippen molar-refractivity contribution in [2.75, 3.05) is 25.0 Å². The molecule has 1 aromatic heterocycles. The molecule has 0 aliphatic carbocycles. The van der Waals surface area contributed by atoms with Crippen molar-refractivity contribution in [1.82, 2.24) is 20.1 Å². The number of nitrogens with zero attached hydrogens (tertiary/aromatic N) is 3. The van der Waals surface area contributed by atoms with Crippen molar-refractivity contribution in [2.45, 2.75) is 44.9 Å². The van der Waals surface area contributed by atoms with Gasteiger partial charge in [0.05, 0.1) is 6.61 Å². The molecule has 1 aliphatic heterocycles. The molecule has 8 heteroatoms. The number of halogens is 1. The molecule has 7 nitrogen and oxygen atoms in total. The fraction of sp³-hybridized carbons (Fsp3) is 0.550. The van der Waals surface area contributed by atoms with Gasteiger partial charge in [0.25, 0.3) is 5.91 Å². The zero-order valence-corrected chi connectivity index (χ0v) is 17.4. The first-order chi connectivity index (χ1) is 13.2. The number of rotatable bonds is 8. The van der Waals surface area contributed by atoms with Gasteiger partial charge in [-0.25, -0.2) is 4.68 Å². The normalized spacial score (nSPS) is 14.4. The zero-order chi connectivity index (χ0) is 19.1. The maximum absolute atomic E-state index is 12.5. The van der Waals surface area contributed by atoms with Gasteiger partial charge in [-0.2, -0.15) is 10.1 Å². The summed E-state index contributed by atoms with van der Waals surface area (Å²) >= 11 is 0. The second-order valence-corrected chi connectivity index (χ2v) is 6.98. The monoisotopic (exact) mass is 407 g/mol. The minimum Gasteiger partial charge on any atom is -0.494 e. The van der Waals surface area contributed by atoms with Crippen molar-refractivity contribution in [2.24, 2.45) is 7.05 Å². The number of nitrogens with one attached hydrogen (secondary N) is 2. The molecular formula is C20H30ClN5O2. The highest BCUT2D eigenvalue weighted by Crippen LogP contribution is 2.23. The molecule has 3 rings (SSSR count). The quantitative estimate of drug-likeness (QED) is 0.654. The molecule has 2 aromatic rings. The van der Waals surface area contributed by atoms with Gasteiger partial charge in [0.15, 0.2) is 5.82 Å². The number of hydrogen-bond donors (Lipinski definition) is 2. The topological polar surface area (TPSA) is 81.1 Å². The first-order valence-corrected chi connectivity index (χ1v) is 9.83. The average Bonchev–Trinajstić information content (AvgIpc) is 3.07. The summed E-state index contributed by atoms with van der Waals surface area (Å²) in [5, 5.41) is 10.7. The van der Waals surface area contributed by atoms with E-state index in [0.29, 0.717) is 24.0 Å². The molecule has 154 valence electrons. The molecule has 1 aromatic carbocycles. The highest BCUT2D eigenvalue weighted by Gasteiger charge is 2.21. The summed E-state index contributed by atoms with van der Waals surface area (Å²) in [7, 11) is 1.81.